The van der Waals surface area contributed by atoms with Crippen molar-refractivity contribution in [3.63, 3.8) is 0 Å². The van der Waals surface area contributed by atoms with Gasteiger partial charge >= 0.3 is 0 Å². The molecule has 0 radical (unpaired) electrons. The highest BCUT2D eigenvalue weighted by atomic mass is 35.5. The van der Waals surface area contributed by atoms with Crippen LogP contribution < -0.4 is 10.6 Å². The van der Waals surface area contributed by atoms with Gasteiger partial charge in [-0.25, -0.2) is 9.98 Å². The van der Waals surface area contributed by atoms with Gasteiger partial charge in [0.1, 0.15) is 12.3 Å². The number of nitrogens with zero attached hydrogens (tertiary/aromatic N) is 2. The van der Waals surface area contributed by atoms with Crippen LogP contribution in [0, 0.1) is 0 Å². The first-order chi connectivity index (χ1) is 12.3. The number of benzene rings is 1. The van der Waals surface area contributed by atoms with E-state index in [0.717, 1.165) is 5.76 Å². The molecular formula is C19H27ClN4O2. The smallest absolute Gasteiger partial charge is 0.216 e. The van der Waals surface area contributed by atoms with Crippen molar-refractivity contribution in [2.45, 2.75) is 45.8 Å². The Kier molecular flexibility index (Phi) is 7.06. The van der Waals surface area contributed by atoms with E-state index in [4.69, 9.17) is 16.0 Å². The van der Waals surface area contributed by atoms with Gasteiger partial charge in [-0.2, -0.15) is 0 Å². The molecule has 1 aromatic heterocycles. The molecular weight excluding hydrogens is 352 g/mol. The molecule has 0 aliphatic carbocycles. The number of aliphatic hydroxyl groups excluding tert-OH is 1. The quantitative estimate of drug-likeness (QED) is 0.530. The Labute approximate surface area is 159 Å². The monoisotopic (exact) mass is 378 g/mol. The molecule has 142 valence electrons. The predicted octanol–water partition coefficient (Wildman–Crippen LogP) is 3.41. The van der Waals surface area contributed by atoms with Gasteiger partial charge in [-0.15, -0.1) is 0 Å². The second kappa shape index (κ2) is 9.05. The number of aliphatic imine (C=N–C) groups is 1. The Morgan fingerprint density at radius 1 is 1.31 bits per heavy atom. The molecule has 7 heteroatoms. The summed E-state index contributed by atoms with van der Waals surface area (Å²) in [7, 11) is 0. The largest absolute Gasteiger partial charge is 0.443 e. The Bertz CT molecular complexity index is 737. The number of aromatic nitrogens is 1. The number of rotatable bonds is 6. The summed E-state index contributed by atoms with van der Waals surface area (Å²) in [6, 6.07) is 7.24. The third kappa shape index (κ3) is 5.75. The van der Waals surface area contributed by atoms with Crippen LogP contribution in [0.25, 0.3) is 0 Å². The molecule has 0 aliphatic heterocycles. The predicted molar refractivity (Wildman–Crippen MR) is 104 cm³/mol. The van der Waals surface area contributed by atoms with Crippen molar-refractivity contribution in [2.75, 3.05) is 13.1 Å². The average Bonchev–Trinajstić information content (AvgIpc) is 3.07. The first-order valence-corrected chi connectivity index (χ1v) is 9.09. The van der Waals surface area contributed by atoms with E-state index >= 15 is 0 Å². The van der Waals surface area contributed by atoms with Crippen molar-refractivity contribution in [3.8, 4) is 0 Å². The minimum atomic E-state index is -0.734. The van der Waals surface area contributed by atoms with Crippen molar-refractivity contribution in [1.82, 2.24) is 15.6 Å². The molecule has 6 nitrogen and oxygen atoms in total. The van der Waals surface area contributed by atoms with Crippen molar-refractivity contribution in [3.05, 3.63) is 52.7 Å². The van der Waals surface area contributed by atoms with E-state index in [-0.39, 0.29) is 12.0 Å². The van der Waals surface area contributed by atoms with Crippen molar-refractivity contribution >= 4 is 17.6 Å². The molecule has 2 aromatic rings. The lowest BCUT2D eigenvalue weighted by atomic mass is 9.94. The van der Waals surface area contributed by atoms with Crippen LogP contribution in [0.2, 0.25) is 5.02 Å². The molecule has 0 saturated heterocycles. The van der Waals surface area contributed by atoms with E-state index in [9.17, 15) is 5.11 Å². The first-order valence-electron chi connectivity index (χ1n) is 8.71. The molecule has 1 heterocycles. The average molecular weight is 379 g/mol. The lowest BCUT2D eigenvalue weighted by Crippen LogP contribution is -2.39. The summed E-state index contributed by atoms with van der Waals surface area (Å²) < 4.78 is 5.75. The number of oxazole rings is 1. The van der Waals surface area contributed by atoms with Crippen LogP contribution in [0.15, 0.2) is 39.9 Å². The van der Waals surface area contributed by atoms with E-state index in [1.165, 1.54) is 0 Å². The zero-order valence-corrected chi connectivity index (χ0v) is 16.5. The van der Waals surface area contributed by atoms with Gasteiger partial charge in [-0.1, -0.05) is 50.6 Å². The fourth-order valence-corrected chi connectivity index (χ4v) is 2.53. The topological polar surface area (TPSA) is 82.7 Å². The summed E-state index contributed by atoms with van der Waals surface area (Å²) in [5.74, 6) is 1.96. The van der Waals surface area contributed by atoms with Crippen LogP contribution in [0.5, 0.6) is 0 Å². The fraction of sp³-hybridized carbons (Fsp3) is 0.474. The normalized spacial score (nSPS) is 13.5. The van der Waals surface area contributed by atoms with Crippen LogP contribution in [0.3, 0.4) is 0 Å². The van der Waals surface area contributed by atoms with Crippen LogP contribution in [0.4, 0.5) is 0 Å². The van der Waals surface area contributed by atoms with E-state index < -0.39 is 6.10 Å². The van der Waals surface area contributed by atoms with Crippen molar-refractivity contribution in [2.24, 2.45) is 4.99 Å². The highest BCUT2D eigenvalue weighted by Crippen LogP contribution is 2.23. The van der Waals surface area contributed by atoms with E-state index in [1.54, 1.807) is 18.3 Å². The zero-order valence-electron chi connectivity index (χ0n) is 15.7. The number of halogens is 1. The Hall–Kier alpha value is -2.05. The van der Waals surface area contributed by atoms with Crippen LogP contribution >= 0.6 is 11.6 Å². The molecule has 1 unspecified atom stereocenters. The molecule has 1 aromatic carbocycles. The summed E-state index contributed by atoms with van der Waals surface area (Å²) in [6.07, 6.45) is 1.01. The first kappa shape index (κ1) is 20.3. The molecule has 0 fully saturated rings. The van der Waals surface area contributed by atoms with Crippen LogP contribution in [-0.4, -0.2) is 29.1 Å². The van der Waals surface area contributed by atoms with Crippen molar-refractivity contribution in [1.29, 1.82) is 0 Å². The van der Waals surface area contributed by atoms with Crippen LogP contribution in [-0.2, 0) is 12.0 Å². The third-order valence-electron chi connectivity index (χ3n) is 3.74. The molecule has 0 spiro atoms. The highest BCUT2D eigenvalue weighted by molar-refractivity contribution is 6.31. The summed E-state index contributed by atoms with van der Waals surface area (Å²) in [5.41, 5.74) is 0.594. The Morgan fingerprint density at radius 2 is 2.04 bits per heavy atom. The lowest BCUT2D eigenvalue weighted by Gasteiger charge is -2.16. The second-order valence-electron chi connectivity index (χ2n) is 6.98. The molecule has 0 amide bonds. The van der Waals surface area contributed by atoms with Crippen LogP contribution in [0.1, 0.15) is 51.0 Å². The van der Waals surface area contributed by atoms with Gasteiger partial charge in [0.15, 0.2) is 5.96 Å². The minimum Gasteiger partial charge on any atom is -0.443 e. The highest BCUT2D eigenvalue weighted by Gasteiger charge is 2.19. The molecule has 0 bridgehead atoms. The fourth-order valence-electron chi connectivity index (χ4n) is 2.27. The summed E-state index contributed by atoms with van der Waals surface area (Å²) in [4.78, 5) is 8.73. The number of hydrogen-bond acceptors (Lipinski definition) is 4. The minimum absolute atomic E-state index is 0.0865. The second-order valence-corrected chi connectivity index (χ2v) is 7.39. The van der Waals surface area contributed by atoms with Gasteiger partial charge in [0, 0.05) is 29.1 Å². The SMILES string of the molecule is CCNC(=NCc1ncc(C(C)(C)C)o1)NCC(O)c1ccccc1Cl. The zero-order chi connectivity index (χ0) is 19.2. The van der Waals surface area contributed by atoms with Gasteiger partial charge in [-0.05, 0) is 13.0 Å². The maximum Gasteiger partial charge on any atom is 0.216 e. The third-order valence-corrected chi connectivity index (χ3v) is 4.08. The van der Waals surface area contributed by atoms with Gasteiger partial charge < -0.3 is 20.2 Å². The van der Waals surface area contributed by atoms with E-state index in [0.29, 0.717) is 35.5 Å². The number of aliphatic hydroxyl groups is 1. The molecule has 0 aliphatic rings. The molecule has 3 N–H and O–H groups in total. The van der Waals surface area contributed by atoms with Crippen molar-refractivity contribution < 1.29 is 9.52 Å². The molecule has 0 saturated carbocycles. The van der Waals surface area contributed by atoms with E-state index in [2.05, 4.69) is 41.4 Å². The summed E-state index contributed by atoms with van der Waals surface area (Å²) >= 11 is 6.12. The number of hydrogen-bond donors (Lipinski definition) is 3. The summed E-state index contributed by atoms with van der Waals surface area (Å²) in [6.45, 7) is 9.49. The van der Waals surface area contributed by atoms with Gasteiger partial charge in [-0.3, -0.25) is 0 Å². The Balaban J connectivity index is 1.98. The molecule has 2 rings (SSSR count). The molecule has 1 atom stereocenters. The molecule has 26 heavy (non-hydrogen) atoms. The Morgan fingerprint density at radius 3 is 2.65 bits per heavy atom. The standard InChI is InChI=1S/C19H27ClN4O2/c1-5-21-18(23-10-15(25)13-8-6-7-9-14(13)20)24-12-17-22-11-16(26-17)19(2,3)4/h6-9,11,15,25H,5,10,12H2,1-4H3,(H2,21,23,24). The maximum atomic E-state index is 10.3. The van der Waals surface area contributed by atoms with E-state index in [1.807, 2.05) is 19.1 Å². The van der Waals surface area contributed by atoms with Gasteiger partial charge in [0.25, 0.3) is 0 Å². The van der Waals surface area contributed by atoms with Gasteiger partial charge in [0.05, 0.1) is 12.3 Å². The number of nitrogens with one attached hydrogen (secondary N) is 2. The maximum absolute atomic E-state index is 10.3. The van der Waals surface area contributed by atoms with Gasteiger partial charge in [0.2, 0.25) is 5.89 Å². The lowest BCUT2D eigenvalue weighted by molar-refractivity contribution is 0.181. The number of guanidine groups is 1. The summed E-state index contributed by atoms with van der Waals surface area (Å²) in [5, 5.41) is 17.1.